The minimum absolute atomic E-state index is 0.126. The Hall–Kier alpha value is -1.75. The van der Waals surface area contributed by atoms with Crippen LogP contribution in [0.2, 0.25) is 0 Å². The molecule has 1 atom stereocenters. The molecule has 1 amide bonds. The number of pyridine rings is 1. The number of carbonyl (C=O) groups is 1. The molecule has 0 bridgehead atoms. The second-order valence-corrected chi connectivity index (χ2v) is 6.73. The van der Waals surface area contributed by atoms with Crippen LogP contribution in [-0.4, -0.2) is 27.3 Å². The van der Waals surface area contributed by atoms with Crippen molar-refractivity contribution >= 4 is 17.2 Å². The number of aryl methyl sites for hydroxylation is 1. The molecule has 1 aliphatic heterocycles. The molecule has 5 heteroatoms. The van der Waals surface area contributed by atoms with Crippen molar-refractivity contribution in [3.8, 4) is 0 Å². The van der Waals surface area contributed by atoms with Gasteiger partial charge < -0.3 is 4.90 Å². The molecule has 1 saturated heterocycles. The van der Waals surface area contributed by atoms with Gasteiger partial charge >= 0.3 is 0 Å². The Morgan fingerprint density at radius 2 is 2.14 bits per heavy atom. The number of carbonyl (C=O) groups excluding carboxylic acids is 1. The Labute approximate surface area is 135 Å². The zero-order chi connectivity index (χ0) is 15.4. The van der Waals surface area contributed by atoms with E-state index >= 15 is 0 Å². The fourth-order valence-electron chi connectivity index (χ4n) is 3.00. The molecule has 2 aromatic rings. The van der Waals surface area contributed by atoms with Crippen LogP contribution in [0.25, 0.3) is 0 Å². The molecule has 22 heavy (non-hydrogen) atoms. The molecular formula is C17H21N3OS. The summed E-state index contributed by atoms with van der Waals surface area (Å²) in [4.78, 5) is 24.2. The first-order valence-corrected chi connectivity index (χ1v) is 8.77. The van der Waals surface area contributed by atoms with Crippen molar-refractivity contribution in [1.82, 2.24) is 14.9 Å². The number of amides is 1. The summed E-state index contributed by atoms with van der Waals surface area (Å²) >= 11 is 1.52. The highest BCUT2D eigenvalue weighted by Crippen LogP contribution is 2.31. The molecule has 3 heterocycles. The third-order valence-corrected chi connectivity index (χ3v) is 5.30. The summed E-state index contributed by atoms with van der Waals surface area (Å²) in [5.74, 6) is 0.126. The second-order valence-electron chi connectivity index (χ2n) is 5.62. The molecule has 4 nitrogen and oxygen atoms in total. The predicted molar refractivity (Wildman–Crippen MR) is 88.0 cm³/mol. The van der Waals surface area contributed by atoms with Crippen LogP contribution >= 0.6 is 11.3 Å². The maximum Gasteiger partial charge on any atom is 0.266 e. The van der Waals surface area contributed by atoms with E-state index in [0.29, 0.717) is 0 Å². The van der Waals surface area contributed by atoms with Crippen LogP contribution in [0, 0.1) is 0 Å². The van der Waals surface area contributed by atoms with E-state index in [2.05, 4.69) is 16.9 Å². The molecule has 0 N–H and O–H groups in total. The Morgan fingerprint density at radius 3 is 2.86 bits per heavy atom. The molecule has 0 radical (unpaired) electrons. The van der Waals surface area contributed by atoms with Gasteiger partial charge in [0.25, 0.3) is 5.91 Å². The predicted octanol–water partition coefficient (Wildman–Crippen LogP) is 3.86. The van der Waals surface area contributed by atoms with Gasteiger partial charge in [0.2, 0.25) is 0 Å². The molecule has 116 valence electrons. The van der Waals surface area contributed by atoms with Gasteiger partial charge in [-0.1, -0.05) is 19.8 Å². The highest BCUT2D eigenvalue weighted by Gasteiger charge is 2.28. The number of likely N-dealkylation sites (tertiary alicyclic amines) is 1. The van der Waals surface area contributed by atoms with Crippen LogP contribution in [0.15, 0.2) is 30.7 Å². The molecule has 0 aliphatic carbocycles. The first-order valence-electron chi connectivity index (χ1n) is 7.95. The summed E-state index contributed by atoms with van der Waals surface area (Å²) in [6.07, 6.45) is 10.7. The van der Waals surface area contributed by atoms with Gasteiger partial charge in [0.15, 0.2) is 0 Å². The molecule has 0 saturated carbocycles. The Bertz CT molecular complexity index is 626. The lowest BCUT2D eigenvalue weighted by atomic mass is 10.0. The molecule has 1 fully saturated rings. The van der Waals surface area contributed by atoms with Crippen molar-refractivity contribution in [1.29, 1.82) is 0 Å². The minimum atomic E-state index is 0.126. The van der Waals surface area contributed by atoms with Gasteiger partial charge in [-0.25, -0.2) is 4.98 Å². The van der Waals surface area contributed by atoms with Gasteiger partial charge in [0.05, 0.1) is 17.2 Å². The molecule has 0 unspecified atom stereocenters. The molecule has 0 aromatic carbocycles. The van der Waals surface area contributed by atoms with Crippen LogP contribution in [0.1, 0.15) is 58.9 Å². The van der Waals surface area contributed by atoms with Crippen LogP contribution < -0.4 is 0 Å². The van der Waals surface area contributed by atoms with E-state index in [1.165, 1.54) is 29.7 Å². The Balaban J connectivity index is 1.88. The van der Waals surface area contributed by atoms with Crippen LogP contribution in [0.5, 0.6) is 0 Å². The first kappa shape index (κ1) is 15.2. The zero-order valence-electron chi connectivity index (χ0n) is 12.9. The van der Waals surface area contributed by atoms with Crippen LogP contribution in [0.4, 0.5) is 0 Å². The van der Waals surface area contributed by atoms with Crippen molar-refractivity contribution in [2.45, 2.75) is 45.1 Å². The van der Waals surface area contributed by atoms with Gasteiger partial charge in [-0.05, 0) is 37.0 Å². The van der Waals surface area contributed by atoms with Crippen molar-refractivity contribution in [3.05, 3.63) is 46.2 Å². The van der Waals surface area contributed by atoms with E-state index in [9.17, 15) is 4.79 Å². The van der Waals surface area contributed by atoms with E-state index in [-0.39, 0.29) is 11.9 Å². The largest absolute Gasteiger partial charge is 0.331 e. The standard InChI is InChI=1S/C17H21N3OS/c1-2-16-19-12-15(22-16)17(21)20-11-5-3-4-6-14(20)13-7-9-18-10-8-13/h7-10,12,14H,2-6,11H2,1H3/t14-/m0/s1. The fraction of sp³-hybridized carbons (Fsp3) is 0.471. The highest BCUT2D eigenvalue weighted by molar-refractivity contribution is 7.13. The van der Waals surface area contributed by atoms with Gasteiger partial charge in [0, 0.05) is 18.9 Å². The Kier molecular flexibility index (Phi) is 4.83. The monoisotopic (exact) mass is 315 g/mol. The number of hydrogen-bond acceptors (Lipinski definition) is 4. The lowest BCUT2D eigenvalue weighted by Gasteiger charge is -2.30. The molecule has 0 spiro atoms. The maximum atomic E-state index is 12.9. The maximum absolute atomic E-state index is 12.9. The van der Waals surface area contributed by atoms with Gasteiger partial charge in [0.1, 0.15) is 4.88 Å². The third-order valence-electron chi connectivity index (χ3n) is 4.17. The third kappa shape index (κ3) is 3.19. The first-order chi connectivity index (χ1) is 10.8. The number of thiazole rings is 1. The van der Waals surface area contributed by atoms with Crippen molar-refractivity contribution < 1.29 is 4.79 Å². The van der Waals surface area contributed by atoms with Gasteiger partial charge in [-0.2, -0.15) is 0 Å². The summed E-state index contributed by atoms with van der Waals surface area (Å²) < 4.78 is 0. The summed E-state index contributed by atoms with van der Waals surface area (Å²) in [5, 5.41) is 1.03. The van der Waals surface area contributed by atoms with Crippen molar-refractivity contribution in [2.75, 3.05) is 6.54 Å². The summed E-state index contributed by atoms with van der Waals surface area (Å²) in [5.41, 5.74) is 1.19. The SMILES string of the molecule is CCc1ncc(C(=O)N2CCCCC[C@H]2c2ccncc2)s1. The lowest BCUT2D eigenvalue weighted by molar-refractivity contribution is 0.0685. The van der Waals surface area contributed by atoms with E-state index in [4.69, 9.17) is 0 Å². The quantitative estimate of drug-likeness (QED) is 0.864. The topological polar surface area (TPSA) is 46.1 Å². The molecule has 3 rings (SSSR count). The van der Waals surface area contributed by atoms with Crippen molar-refractivity contribution in [2.24, 2.45) is 0 Å². The second kappa shape index (κ2) is 7.01. The van der Waals surface area contributed by atoms with E-state index in [1.54, 1.807) is 6.20 Å². The van der Waals surface area contributed by atoms with Gasteiger partial charge in [-0.3, -0.25) is 9.78 Å². The Morgan fingerprint density at radius 1 is 1.32 bits per heavy atom. The summed E-state index contributed by atoms with van der Waals surface area (Å²) in [7, 11) is 0. The number of aromatic nitrogens is 2. The lowest BCUT2D eigenvalue weighted by Crippen LogP contribution is -2.34. The molecule has 2 aromatic heterocycles. The van der Waals surface area contributed by atoms with Crippen molar-refractivity contribution in [3.63, 3.8) is 0 Å². The summed E-state index contributed by atoms with van der Waals surface area (Å²) in [6.45, 7) is 2.89. The summed E-state index contributed by atoms with van der Waals surface area (Å²) in [6, 6.07) is 4.21. The van der Waals surface area contributed by atoms with E-state index < -0.39 is 0 Å². The zero-order valence-corrected chi connectivity index (χ0v) is 13.7. The molecular weight excluding hydrogens is 294 g/mol. The smallest absolute Gasteiger partial charge is 0.266 e. The van der Waals surface area contributed by atoms with Gasteiger partial charge in [-0.15, -0.1) is 11.3 Å². The number of nitrogens with zero attached hydrogens (tertiary/aromatic N) is 3. The van der Waals surface area contributed by atoms with E-state index in [1.807, 2.05) is 29.4 Å². The molecule has 1 aliphatic rings. The van der Waals surface area contributed by atoms with E-state index in [0.717, 1.165) is 35.7 Å². The van der Waals surface area contributed by atoms with Crippen LogP contribution in [0.3, 0.4) is 0 Å². The minimum Gasteiger partial charge on any atom is -0.331 e. The average molecular weight is 315 g/mol. The normalized spacial score (nSPS) is 19.0. The number of rotatable bonds is 3. The fourth-order valence-corrected chi connectivity index (χ4v) is 3.81. The van der Waals surface area contributed by atoms with Crippen LogP contribution in [-0.2, 0) is 6.42 Å². The average Bonchev–Trinajstić information content (AvgIpc) is 2.92. The number of hydrogen-bond donors (Lipinski definition) is 0. The highest BCUT2D eigenvalue weighted by atomic mass is 32.1.